The largest absolute Gasteiger partial charge is 0.329 e. The summed E-state index contributed by atoms with van der Waals surface area (Å²) < 4.78 is 1.44. The summed E-state index contributed by atoms with van der Waals surface area (Å²) in [5, 5.41) is 0. The zero-order valence-electron chi connectivity index (χ0n) is 10.9. The third-order valence-electron chi connectivity index (χ3n) is 4.34. The molecule has 3 aliphatic rings. The van der Waals surface area contributed by atoms with Crippen molar-refractivity contribution in [1.29, 1.82) is 0 Å². The second kappa shape index (κ2) is 3.43. The number of rotatable bonds is 0. The fourth-order valence-corrected chi connectivity index (χ4v) is 3.21. The number of aliphatic imine (C=N–C) groups is 1. The molecule has 18 heavy (non-hydrogen) atoms. The monoisotopic (exact) mass is 247 g/mol. The second-order valence-corrected chi connectivity index (χ2v) is 5.97. The van der Waals surface area contributed by atoms with Crippen LogP contribution in [0, 0.1) is 11.3 Å². The van der Waals surface area contributed by atoms with Crippen LogP contribution in [0.1, 0.15) is 32.3 Å². The lowest BCUT2D eigenvalue weighted by molar-refractivity contribution is 0.116. The molecule has 4 rings (SSSR count). The van der Waals surface area contributed by atoms with Gasteiger partial charge in [0, 0.05) is 12.8 Å². The first-order valence-electron chi connectivity index (χ1n) is 6.27. The Bertz CT molecular complexity index is 660. The minimum absolute atomic E-state index is 0.182. The molecule has 1 aromatic rings. The maximum Gasteiger partial charge on any atom is 0.329 e. The maximum absolute atomic E-state index is 12.0. The molecule has 0 unspecified atom stereocenters. The number of H-pyrrole nitrogens is 1. The van der Waals surface area contributed by atoms with E-state index in [0.29, 0.717) is 23.7 Å². The summed E-state index contributed by atoms with van der Waals surface area (Å²) in [7, 11) is 1.66. The van der Waals surface area contributed by atoms with Crippen molar-refractivity contribution in [3.8, 4) is 0 Å². The summed E-state index contributed by atoms with van der Waals surface area (Å²) in [5.41, 5.74) is 1.19. The van der Waals surface area contributed by atoms with Crippen LogP contribution in [0.3, 0.4) is 0 Å². The Hall–Kier alpha value is -1.65. The Labute approximate surface area is 105 Å². The minimum Gasteiger partial charge on any atom is -0.281 e. The third-order valence-corrected chi connectivity index (χ3v) is 4.34. The van der Waals surface area contributed by atoms with Gasteiger partial charge in [-0.3, -0.25) is 14.3 Å². The molecule has 1 aliphatic carbocycles. The highest BCUT2D eigenvalue weighted by molar-refractivity contribution is 5.88. The van der Waals surface area contributed by atoms with E-state index in [1.54, 1.807) is 7.05 Å². The average molecular weight is 247 g/mol. The molecule has 1 aromatic heterocycles. The van der Waals surface area contributed by atoms with Gasteiger partial charge in [-0.1, -0.05) is 6.92 Å². The quantitative estimate of drug-likeness (QED) is 0.747. The smallest absolute Gasteiger partial charge is 0.281 e. The zero-order chi connectivity index (χ0) is 13.1. The van der Waals surface area contributed by atoms with Gasteiger partial charge in [0.2, 0.25) is 0 Å². The van der Waals surface area contributed by atoms with Gasteiger partial charge in [0.05, 0.1) is 5.56 Å². The minimum atomic E-state index is -0.394. The lowest BCUT2D eigenvalue weighted by Crippen LogP contribution is -2.43. The third kappa shape index (κ3) is 1.50. The highest BCUT2D eigenvalue weighted by Gasteiger charge is 2.43. The van der Waals surface area contributed by atoms with E-state index in [1.165, 1.54) is 4.57 Å². The summed E-state index contributed by atoms with van der Waals surface area (Å²) in [6.45, 7) is 4.20. The molecule has 0 saturated heterocycles. The van der Waals surface area contributed by atoms with Crippen molar-refractivity contribution in [2.75, 3.05) is 0 Å². The SMILES string of the molecule is CC1=Nc2c(c(=O)[nH]c(=O)n2C)CC2(C)CC1C2. The Morgan fingerprint density at radius 3 is 2.72 bits per heavy atom. The summed E-state index contributed by atoms with van der Waals surface area (Å²) >= 11 is 0. The molecule has 0 spiro atoms. The van der Waals surface area contributed by atoms with E-state index in [2.05, 4.69) is 16.9 Å². The van der Waals surface area contributed by atoms with Gasteiger partial charge in [-0.15, -0.1) is 0 Å². The molecule has 1 saturated carbocycles. The summed E-state index contributed by atoms with van der Waals surface area (Å²) in [6, 6.07) is 0. The first-order valence-corrected chi connectivity index (χ1v) is 6.27. The zero-order valence-corrected chi connectivity index (χ0v) is 10.9. The van der Waals surface area contributed by atoms with Crippen LogP contribution < -0.4 is 11.2 Å². The van der Waals surface area contributed by atoms with Crippen LogP contribution in [0.25, 0.3) is 0 Å². The van der Waals surface area contributed by atoms with E-state index in [1.807, 2.05) is 6.92 Å². The second-order valence-electron chi connectivity index (χ2n) is 5.97. The highest BCUT2D eigenvalue weighted by Crippen LogP contribution is 2.50. The molecule has 2 aliphatic heterocycles. The van der Waals surface area contributed by atoms with Gasteiger partial charge in [-0.2, -0.15) is 0 Å². The van der Waals surface area contributed by atoms with Crippen LogP contribution in [0.5, 0.6) is 0 Å². The van der Waals surface area contributed by atoms with E-state index in [0.717, 1.165) is 18.6 Å². The molecule has 96 valence electrons. The summed E-state index contributed by atoms with van der Waals surface area (Å²) in [6.07, 6.45) is 2.88. The van der Waals surface area contributed by atoms with Crippen molar-refractivity contribution < 1.29 is 0 Å². The van der Waals surface area contributed by atoms with Gasteiger partial charge in [-0.25, -0.2) is 9.79 Å². The Kier molecular flexibility index (Phi) is 2.18. The molecule has 0 atom stereocenters. The van der Waals surface area contributed by atoms with E-state index in [-0.39, 0.29) is 11.0 Å². The molecule has 5 heteroatoms. The number of nitrogens with zero attached hydrogens (tertiary/aromatic N) is 2. The average Bonchev–Trinajstić information content (AvgIpc) is 2.25. The van der Waals surface area contributed by atoms with E-state index in [9.17, 15) is 9.59 Å². The molecule has 5 nitrogen and oxygen atoms in total. The molecular weight excluding hydrogens is 230 g/mol. The van der Waals surface area contributed by atoms with Crippen LogP contribution in [0.4, 0.5) is 5.82 Å². The van der Waals surface area contributed by atoms with E-state index >= 15 is 0 Å². The number of hydrogen-bond donors (Lipinski definition) is 1. The van der Waals surface area contributed by atoms with Gasteiger partial charge in [0.15, 0.2) is 0 Å². The van der Waals surface area contributed by atoms with E-state index in [4.69, 9.17) is 0 Å². The predicted octanol–water partition coefficient (Wildman–Crippen LogP) is 1.14. The first kappa shape index (κ1) is 11.4. The maximum atomic E-state index is 12.0. The Morgan fingerprint density at radius 2 is 2.06 bits per heavy atom. The van der Waals surface area contributed by atoms with Crippen molar-refractivity contribution >= 4 is 11.5 Å². The molecule has 1 fully saturated rings. The van der Waals surface area contributed by atoms with Gasteiger partial charge >= 0.3 is 5.69 Å². The van der Waals surface area contributed by atoms with Gasteiger partial charge in [0.25, 0.3) is 5.56 Å². The fraction of sp³-hybridized carbons (Fsp3) is 0.615. The number of nitrogens with one attached hydrogen (secondary N) is 1. The van der Waals surface area contributed by atoms with Gasteiger partial charge in [0.1, 0.15) is 5.82 Å². The number of aromatic amines is 1. The lowest BCUT2D eigenvalue weighted by Gasteiger charge is -2.46. The number of aromatic nitrogens is 2. The Balaban J connectivity index is 2.31. The normalized spacial score (nSPS) is 29.7. The van der Waals surface area contributed by atoms with Crippen LogP contribution in [0.2, 0.25) is 0 Å². The fourth-order valence-electron chi connectivity index (χ4n) is 3.21. The molecule has 3 heterocycles. The Morgan fingerprint density at radius 1 is 1.39 bits per heavy atom. The van der Waals surface area contributed by atoms with Crippen molar-refractivity contribution in [2.45, 2.75) is 33.1 Å². The van der Waals surface area contributed by atoms with Crippen molar-refractivity contribution in [2.24, 2.45) is 23.4 Å². The molecular formula is C13H17N3O2. The van der Waals surface area contributed by atoms with Crippen molar-refractivity contribution in [1.82, 2.24) is 9.55 Å². The van der Waals surface area contributed by atoms with Crippen LogP contribution >= 0.6 is 0 Å². The van der Waals surface area contributed by atoms with E-state index < -0.39 is 5.69 Å². The highest BCUT2D eigenvalue weighted by atomic mass is 16.2. The first-order chi connectivity index (χ1) is 8.39. The predicted molar refractivity (Wildman–Crippen MR) is 69.6 cm³/mol. The van der Waals surface area contributed by atoms with Gasteiger partial charge in [-0.05, 0) is 37.5 Å². The molecule has 2 bridgehead atoms. The van der Waals surface area contributed by atoms with Crippen LogP contribution in [-0.4, -0.2) is 15.3 Å². The topological polar surface area (TPSA) is 67.2 Å². The molecule has 0 aromatic carbocycles. The molecule has 0 radical (unpaired) electrons. The summed E-state index contributed by atoms with van der Waals surface area (Å²) in [4.78, 5) is 30.5. The van der Waals surface area contributed by atoms with Crippen molar-refractivity contribution in [3.63, 3.8) is 0 Å². The van der Waals surface area contributed by atoms with Gasteiger partial charge < -0.3 is 0 Å². The lowest BCUT2D eigenvalue weighted by atomic mass is 9.59. The van der Waals surface area contributed by atoms with Crippen LogP contribution in [-0.2, 0) is 13.5 Å². The molecule has 0 amide bonds. The molecule has 1 N–H and O–H groups in total. The number of hydrogen-bond acceptors (Lipinski definition) is 3. The van der Waals surface area contributed by atoms with Crippen molar-refractivity contribution in [3.05, 3.63) is 26.4 Å². The standard InChI is InChI=1S/C13H17N3O2/c1-7-8-4-13(2,5-8)6-9-10(14-7)16(3)12(18)15-11(9)17/h8H,4-6H2,1-3H3,(H,15,17,18). The van der Waals surface area contributed by atoms with Crippen LogP contribution in [0.15, 0.2) is 14.6 Å². The summed E-state index contributed by atoms with van der Waals surface area (Å²) in [5.74, 6) is 1.05.